The minimum atomic E-state index is -3.77. The van der Waals surface area contributed by atoms with Crippen LogP contribution in [0.5, 0.6) is 0 Å². The van der Waals surface area contributed by atoms with Crippen LogP contribution in [-0.2, 0) is 0 Å². The molecule has 3 aromatic rings. The first-order chi connectivity index (χ1) is 13.4. The van der Waals surface area contributed by atoms with Gasteiger partial charge in [0.2, 0.25) is 5.78 Å². The summed E-state index contributed by atoms with van der Waals surface area (Å²) < 4.78 is 56.6. The molecular formula is C23H16F4O. The summed E-state index contributed by atoms with van der Waals surface area (Å²) in [4.78, 5) is 12.5. The zero-order valence-electron chi connectivity index (χ0n) is 14.7. The van der Waals surface area contributed by atoms with E-state index < -0.39 is 29.3 Å². The fraction of sp³-hybridized carbons (Fsp3) is 0.0870. The summed E-state index contributed by atoms with van der Waals surface area (Å²) in [7, 11) is 0. The van der Waals surface area contributed by atoms with Crippen LogP contribution in [0.3, 0.4) is 0 Å². The average Bonchev–Trinajstić information content (AvgIpc) is 2.71. The molecule has 0 amide bonds. The zero-order valence-corrected chi connectivity index (χ0v) is 14.7. The molecule has 1 unspecified atom stereocenters. The number of ketones is 1. The van der Waals surface area contributed by atoms with Crippen LogP contribution in [0.15, 0.2) is 84.9 Å². The van der Waals surface area contributed by atoms with E-state index in [1.165, 1.54) is 72.8 Å². The fourth-order valence-electron chi connectivity index (χ4n) is 2.82. The molecule has 0 radical (unpaired) electrons. The second-order valence-corrected chi connectivity index (χ2v) is 6.26. The molecule has 0 fully saturated rings. The third-order valence-electron chi connectivity index (χ3n) is 4.31. The van der Waals surface area contributed by atoms with E-state index in [0.717, 1.165) is 12.1 Å². The van der Waals surface area contributed by atoms with Crippen molar-refractivity contribution in [2.75, 3.05) is 0 Å². The molecule has 0 saturated carbocycles. The Hall–Kier alpha value is -3.21. The number of Topliss-reactive ketones (excluding diaryl/α,β-unsaturated/α-hetero) is 1. The number of hydrogen-bond donors (Lipinski definition) is 0. The lowest BCUT2D eigenvalue weighted by molar-refractivity contribution is 0.00125. The van der Waals surface area contributed by atoms with E-state index >= 15 is 8.78 Å². The second-order valence-electron chi connectivity index (χ2n) is 6.26. The summed E-state index contributed by atoms with van der Waals surface area (Å²) in [6.07, 6.45) is 2.57. The van der Waals surface area contributed by atoms with Gasteiger partial charge in [0.1, 0.15) is 11.6 Å². The van der Waals surface area contributed by atoms with Crippen LogP contribution in [0.2, 0.25) is 0 Å². The van der Waals surface area contributed by atoms with Crippen LogP contribution < -0.4 is 0 Å². The fourth-order valence-corrected chi connectivity index (χ4v) is 2.82. The van der Waals surface area contributed by atoms with Gasteiger partial charge in [-0.1, -0.05) is 66.7 Å². The summed E-state index contributed by atoms with van der Waals surface area (Å²) in [6, 6.07) is 17.1. The Morgan fingerprint density at radius 2 is 1.32 bits per heavy atom. The Balaban J connectivity index is 2.00. The van der Waals surface area contributed by atoms with Gasteiger partial charge in [-0.2, -0.15) is 8.78 Å². The molecule has 0 saturated heterocycles. The minimum Gasteiger partial charge on any atom is -0.287 e. The predicted octanol–water partition coefficient (Wildman–Crippen LogP) is 6.28. The van der Waals surface area contributed by atoms with E-state index in [0.29, 0.717) is 5.56 Å². The highest BCUT2D eigenvalue weighted by Gasteiger charge is 2.46. The number of carbonyl (C=O) groups excluding carboxylic acids is 1. The lowest BCUT2D eigenvalue weighted by atomic mass is 9.87. The molecular weight excluding hydrogens is 368 g/mol. The number of rotatable bonds is 6. The first-order valence-electron chi connectivity index (χ1n) is 8.55. The lowest BCUT2D eigenvalue weighted by Gasteiger charge is -2.24. The number of allylic oxidation sites excluding steroid dienone is 1. The van der Waals surface area contributed by atoms with Crippen LogP contribution in [0.1, 0.15) is 27.4 Å². The van der Waals surface area contributed by atoms with E-state index in [9.17, 15) is 13.6 Å². The molecule has 0 aliphatic carbocycles. The van der Waals surface area contributed by atoms with Crippen LogP contribution in [0, 0.1) is 11.6 Å². The molecule has 1 atom stereocenters. The van der Waals surface area contributed by atoms with Crippen LogP contribution in [0.25, 0.3) is 6.08 Å². The predicted molar refractivity (Wildman–Crippen MR) is 100 cm³/mol. The molecule has 3 aromatic carbocycles. The standard InChI is InChI=1S/C23H16F4O/c24-19-11-6-16(7-12-19)8-15-21(17-9-13-20(25)14-10-17)23(26,27)22(28)18-4-2-1-3-5-18/h1-15,21H/b15-8+. The molecule has 0 N–H and O–H groups in total. The van der Waals surface area contributed by atoms with Gasteiger partial charge in [0, 0.05) is 5.56 Å². The average molecular weight is 384 g/mol. The van der Waals surface area contributed by atoms with Gasteiger partial charge in [-0.3, -0.25) is 4.79 Å². The van der Waals surface area contributed by atoms with E-state index in [4.69, 9.17) is 0 Å². The van der Waals surface area contributed by atoms with Crippen LogP contribution in [0.4, 0.5) is 17.6 Å². The smallest absolute Gasteiger partial charge is 0.287 e. The van der Waals surface area contributed by atoms with E-state index in [-0.39, 0.29) is 11.1 Å². The summed E-state index contributed by atoms with van der Waals surface area (Å²) in [5, 5.41) is 0. The lowest BCUT2D eigenvalue weighted by Crippen LogP contribution is -2.35. The maximum absolute atomic E-state index is 15.2. The monoisotopic (exact) mass is 384 g/mol. The van der Waals surface area contributed by atoms with Crippen molar-refractivity contribution in [2.45, 2.75) is 11.8 Å². The van der Waals surface area contributed by atoms with E-state index in [1.54, 1.807) is 6.07 Å². The van der Waals surface area contributed by atoms with Crippen LogP contribution in [-0.4, -0.2) is 11.7 Å². The van der Waals surface area contributed by atoms with Gasteiger partial charge < -0.3 is 0 Å². The molecule has 0 aromatic heterocycles. The van der Waals surface area contributed by atoms with Gasteiger partial charge in [-0.05, 0) is 35.4 Å². The molecule has 0 spiro atoms. The normalized spacial score (nSPS) is 12.9. The Bertz CT molecular complexity index is 962. The summed E-state index contributed by atoms with van der Waals surface area (Å²) in [6.45, 7) is 0. The molecule has 0 bridgehead atoms. The van der Waals surface area contributed by atoms with Crippen molar-refractivity contribution in [1.82, 2.24) is 0 Å². The van der Waals surface area contributed by atoms with Crippen LogP contribution >= 0.6 is 0 Å². The number of carbonyl (C=O) groups is 1. The van der Waals surface area contributed by atoms with Gasteiger partial charge in [-0.15, -0.1) is 0 Å². The Kier molecular flexibility index (Phi) is 5.73. The van der Waals surface area contributed by atoms with E-state index in [1.807, 2.05) is 0 Å². The first-order valence-corrected chi connectivity index (χ1v) is 8.55. The van der Waals surface area contributed by atoms with Gasteiger partial charge in [0.25, 0.3) is 0 Å². The minimum absolute atomic E-state index is 0.0917. The molecule has 142 valence electrons. The van der Waals surface area contributed by atoms with Gasteiger partial charge in [0.05, 0.1) is 5.92 Å². The summed E-state index contributed by atoms with van der Waals surface area (Å²) in [5.74, 6) is -7.73. The third kappa shape index (κ3) is 4.36. The Morgan fingerprint density at radius 3 is 1.89 bits per heavy atom. The molecule has 0 aliphatic rings. The number of benzene rings is 3. The zero-order chi connectivity index (χ0) is 20.1. The maximum Gasteiger partial charge on any atom is 0.319 e. The van der Waals surface area contributed by atoms with Crippen molar-refractivity contribution in [1.29, 1.82) is 0 Å². The molecule has 1 nitrogen and oxygen atoms in total. The van der Waals surface area contributed by atoms with Crippen molar-refractivity contribution in [2.24, 2.45) is 0 Å². The van der Waals surface area contributed by atoms with Crippen molar-refractivity contribution >= 4 is 11.9 Å². The van der Waals surface area contributed by atoms with E-state index in [2.05, 4.69) is 0 Å². The highest BCUT2D eigenvalue weighted by Crippen LogP contribution is 2.38. The SMILES string of the molecule is O=C(c1ccccc1)C(F)(F)C(/C=C/c1ccc(F)cc1)c1ccc(F)cc1. The largest absolute Gasteiger partial charge is 0.319 e. The Morgan fingerprint density at radius 1 is 0.786 bits per heavy atom. The van der Waals surface area contributed by atoms with Crippen molar-refractivity contribution < 1.29 is 22.4 Å². The highest BCUT2D eigenvalue weighted by molar-refractivity contribution is 6.02. The molecule has 0 heterocycles. The summed E-state index contributed by atoms with van der Waals surface area (Å²) >= 11 is 0. The van der Waals surface area contributed by atoms with Crippen molar-refractivity contribution in [3.63, 3.8) is 0 Å². The highest BCUT2D eigenvalue weighted by atomic mass is 19.3. The number of alkyl halides is 2. The van der Waals surface area contributed by atoms with Crippen molar-refractivity contribution in [3.8, 4) is 0 Å². The topological polar surface area (TPSA) is 17.1 Å². The molecule has 0 aliphatic heterocycles. The number of halogens is 4. The second kappa shape index (κ2) is 8.21. The Labute approximate surface area is 160 Å². The quantitative estimate of drug-likeness (QED) is 0.361. The third-order valence-corrected chi connectivity index (χ3v) is 4.31. The maximum atomic E-state index is 15.2. The molecule has 28 heavy (non-hydrogen) atoms. The molecule has 3 rings (SSSR count). The van der Waals surface area contributed by atoms with Gasteiger partial charge >= 0.3 is 5.92 Å². The van der Waals surface area contributed by atoms with Gasteiger partial charge in [0.15, 0.2) is 0 Å². The summed E-state index contributed by atoms with van der Waals surface area (Å²) in [5.41, 5.74) is 0.473. The van der Waals surface area contributed by atoms with Gasteiger partial charge in [-0.25, -0.2) is 8.78 Å². The van der Waals surface area contributed by atoms with Crippen molar-refractivity contribution in [3.05, 3.63) is 113 Å². The molecule has 5 heteroatoms. The first kappa shape index (κ1) is 19.5. The number of hydrogen-bond acceptors (Lipinski definition) is 1.